The van der Waals surface area contributed by atoms with Crippen LogP contribution in [0.1, 0.15) is 10.7 Å². The van der Waals surface area contributed by atoms with Gasteiger partial charge in [-0.05, 0) is 18.2 Å². The van der Waals surface area contributed by atoms with Crippen LogP contribution in [0.5, 0.6) is 11.5 Å². The number of carbonyl (C=O) groups is 1. The zero-order valence-electron chi connectivity index (χ0n) is 9.84. The Kier molecular flexibility index (Phi) is 3.18. The van der Waals surface area contributed by atoms with Crippen LogP contribution in [0.4, 0.5) is 0 Å². The van der Waals surface area contributed by atoms with Crippen molar-refractivity contribution in [3.05, 3.63) is 30.3 Å². The fourth-order valence-electron chi connectivity index (χ4n) is 1.50. The van der Waals surface area contributed by atoms with Crippen LogP contribution in [0.3, 0.4) is 0 Å². The number of ether oxygens (including phenoxy) is 2. The molecule has 18 heavy (non-hydrogen) atoms. The average Bonchev–Trinajstić information content (AvgIpc) is 2.87. The van der Waals surface area contributed by atoms with Gasteiger partial charge in [0.25, 0.3) is 0 Å². The minimum absolute atomic E-state index is 0.347. The number of oxazole rings is 1. The van der Waals surface area contributed by atoms with E-state index in [2.05, 4.69) is 4.98 Å². The monoisotopic (exact) mass is 249 g/mol. The summed E-state index contributed by atoms with van der Waals surface area (Å²) < 4.78 is 15.4. The maximum Gasteiger partial charge on any atom is 0.392 e. The van der Waals surface area contributed by atoms with Crippen molar-refractivity contribution < 1.29 is 23.8 Å². The summed E-state index contributed by atoms with van der Waals surface area (Å²) in [6, 6.07) is 5.12. The molecule has 0 aliphatic rings. The summed E-state index contributed by atoms with van der Waals surface area (Å²) in [6.45, 7) is 0. The molecule has 1 N–H and O–H groups in total. The SMILES string of the molecule is COc1ccc(-c2cnc(C(=O)O)o2)cc1OC. The van der Waals surface area contributed by atoms with Crippen LogP contribution in [0, 0.1) is 0 Å². The molecule has 0 radical (unpaired) electrons. The summed E-state index contributed by atoms with van der Waals surface area (Å²) in [6.07, 6.45) is 1.35. The number of nitrogens with zero attached hydrogens (tertiary/aromatic N) is 1. The van der Waals surface area contributed by atoms with Gasteiger partial charge in [-0.15, -0.1) is 0 Å². The van der Waals surface area contributed by atoms with Crippen LogP contribution >= 0.6 is 0 Å². The van der Waals surface area contributed by atoms with Crippen molar-refractivity contribution in [1.29, 1.82) is 0 Å². The molecule has 2 rings (SSSR count). The fraction of sp³-hybridized carbons (Fsp3) is 0.167. The van der Waals surface area contributed by atoms with Crippen molar-refractivity contribution in [2.75, 3.05) is 14.2 Å². The predicted molar refractivity (Wildman–Crippen MR) is 62.0 cm³/mol. The number of hydrogen-bond donors (Lipinski definition) is 1. The molecule has 94 valence electrons. The molecular formula is C12H11NO5. The lowest BCUT2D eigenvalue weighted by atomic mass is 10.1. The molecule has 0 unspecified atom stereocenters. The second kappa shape index (κ2) is 4.79. The van der Waals surface area contributed by atoms with E-state index in [9.17, 15) is 4.79 Å². The van der Waals surface area contributed by atoms with Gasteiger partial charge < -0.3 is 19.0 Å². The first-order valence-corrected chi connectivity index (χ1v) is 5.07. The third-order valence-corrected chi connectivity index (χ3v) is 2.36. The standard InChI is InChI=1S/C12H11NO5/c1-16-8-4-3-7(5-9(8)17-2)10-6-13-11(18-10)12(14)15/h3-6H,1-2H3,(H,14,15). The van der Waals surface area contributed by atoms with E-state index in [1.165, 1.54) is 20.4 Å². The lowest BCUT2D eigenvalue weighted by Gasteiger charge is -2.07. The number of aromatic nitrogens is 1. The highest BCUT2D eigenvalue weighted by molar-refractivity contribution is 5.82. The lowest BCUT2D eigenvalue weighted by molar-refractivity contribution is 0.0654. The summed E-state index contributed by atoms with van der Waals surface area (Å²) >= 11 is 0. The minimum Gasteiger partial charge on any atom is -0.493 e. The van der Waals surface area contributed by atoms with E-state index in [1.807, 2.05) is 0 Å². The largest absolute Gasteiger partial charge is 0.493 e. The molecule has 0 saturated heterocycles. The number of aromatic carboxylic acids is 1. The van der Waals surface area contributed by atoms with E-state index in [0.29, 0.717) is 22.8 Å². The Labute approximate surface area is 103 Å². The van der Waals surface area contributed by atoms with Gasteiger partial charge in [0.1, 0.15) is 0 Å². The fourth-order valence-corrected chi connectivity index (χ4v) is 1.50. The highest BCUT2D eigenvalue weighted by Gasteiger charge is 2.14. The quantitative estimate of drug-likeness (QED) is 0.893. The second-order valence-electron chi connectivity index (χ2n) is 3.40. The van der Waals surface area contributed by atoms with Crippen molar-refractivity contribution >= 4 is 5.97 Å². The van der Waals surface area contributed by atoms with Crippen LogP contribution in [0.15, 0.2) is 28.8 Å². The molecule has 1 heterocycles. The summed E-state index contributed by atoms with van der Waals surface area (Å²) in [4.78, 5) is 14.3. The number of carboxylic acids is 1. The van der Waals surface area contributed by atoms with Crippen LogP contribution in [0.25, 0.3) is 11.3 Å². The van der Waals surface area contributed by atoms with Crippen LogP contribution in [-0.4, -0.2) is 30.3 Å². The van der Waals surface area contributed by atoms with Crippen molar-refractivity contribution in [2.45, 2.75) is 0 Å². The number of rotatable bonds is 4. The van der Waals surface area contributed by atoms with Gasteiger partial charge in [-0.25, -0.2) is 9.78 Å². The van der Waals surface area contributed by atoms with Gasteiger partial charge in [-0.2, -0.15) is 0 Å². The normalized spacial score (nSPS) is 10.1. The minimum atomic E-state index is -1.21. The van der Waals surface area contributed by atoms with Crippen molar-refractivity contribution in [3.8, 4) is 22.8 Å². The average molecular weight is 249 g/mol. The van der Waals surface area contributed by atoms with E-state index in [4.69, 9.17) is 19.0 Å². The highest BCUT2D eigenvalue weighted by atomic mass is 16.5. The van der Waals surface area contributed by atoms with Crippen molar-refractivity contribution in [1.82, 2.24) is 4.98 Å². The lowest BCUT2D eigenvalue weighted by Crippen LogP contribution is -1.94. The topological polar surface area (TPSA) is 81.8 Å². The van der Waals surface area contributed by atoms with Crippen LogP contribution < -0.4 is 9.47 Å². The zero-order chi connectivity index (χ0) is 13.1. The molecule has 0 aliphatic carbocycles. The van der Waals surface area contributed by atoms with Crippen molar-refractivity contribution in [3.63, 3.8) is 0 Å². The third kappa shape index (κ3) is 2.13. The first-order chi connectivity index (χ1) is 8.65. The smallest absolute Gasteiger partial charge is 0.392 e. The van der Waals surface area contributed by atoms with E-state index < -0.39 is 5.97 Å². The second-order valence-corrected chi connectivity index (χ2v) is 3.40. The molecule has 0 bridgehead atoms. The Bertz CT molecular complexity index is 576. The van der Waals surface area contributed by atoms with Gasteiger partial charge in [-0.3, -0.25) is 0 Å². The van der Waals surface area contributed by atoms with Crippen molar-refractivity contribution in [2.24, 2.45) is 0 Å². The molecule has 6 heteroatoms. The number of benzene rings is 1. The molecule has 2 aromatic rings. The zero-order valence-corrected chi connectivity index (χ0v) is 9.84. The first-order valence-electron chi connectivity index (χ1n) is 5.07. The van der Waals surface area contributed by atoms with Crippen LogP contribution in [-0.2, 0) is 0 Å². The Morgan fingerprint density at radius 2 is 2.00 bits per heavy atom. The Balaban J connectivity index is 2.41. The molecule has 0 aliphatic heterocycles. The number of methoxy groups -OCH3 is 2. The maximum atomic E-state index is 10.7. The van der Waals surface area contributed by atoms with Gasteiger partial charge in [0.05, 0.1) is 20.4 Å². The van der Waals surface area contributed by atoms with Crippen LogP contribution in [0.2, 0.25) is 0 Å². The molecule has 1 aromatic heterocycles. The molecular weight excluding hydrogens is 238 g/mol. The molecule has 1 aromatic carbocycles. The molecule has 0 saturated carbocycles. The molecule has 0 atom stereocenters. The summed E-state index contributed by atoms with van der Waals surface area (Å²) in [5.41, 5.74) is 0.660. The predicted octanol–water partition coefficient (Wildman–Crippen LogP) is 2.06. The van der Waals surface area contributed by atoms with E-state index in [-0.39, 0.29) is 5.89 Å². The first kappa shape index (κ1) is 12.0. The van der Waals surface area contributed by atoms with E-state index >= 15 is 0 Å². The van der Waals surface area contributed by atoms with Gasteiger partial charge >= 0.3 is 11.9 Å². The molecule has 0 fully saturated rings. The van der Waals surface area contributed by atoms with E-state index in [0.717, 1.165) is 0 Å². The Morgan fingerprint density at radius 1 is 1.28 bits per heavy atom. The summed E-state index contributed by atoms with van der Waals surface area (Å²) in [5, 5.41) is 8.73. The Morgan fingerprint density at radius 3 is 2.56 bits per heavy atom. The van der Waals surface area contributed by atoms with Gasteiger partial charge in [0.15, 0.2) is 17.3 Å². The Hall–Kier alpha value is -2.50. The van der Waals surface area contributed by atoms with E-state index in [1.54, 1.807) is 18.2 Å². The van der Waals surface area contributed by atoms with Gasteiger partial charge in [-0.1, -0.05) is 0 Å². The third-order valence-electron chi connectivity index (χ3n) is 2.36. The van der Waals surface area contributed by atoms with Gasteiger partial charge in [0.2, 0.25) is 0 Å². The molecule has 0 amide bonds. The molecule has 6 nitrogen and oxygen atoms in total. The number of hydrogen-bond acceptors (Lipinski definition) is 5. The molecule has 0 spiro atoms. The maximum absolute atomic E-state index is 10.7. The summed E-state index contributed by atoms with van der Waals surface area (Å²) in [7, 11) is 3.05. The summed E-state index contributed by atoms with van der Waals surface area (Å²) in [5.74, 6) is -0.0858. The number of carboxylic acid groups (broad SMARTS) is 1. The highest BCUT2D eigenvalue weighted by Crippen LogP contribution is 2.32. The van der Waals surface area contributed by atoms with Gasteiger partial charge in [0, 0.05) is 5.56 Å².